The summed E-state index contributed by atoms with van der Waals surface area (Å²) >= 11 is 4.81. The zero-order chi connectivity index (χ0) is 14.9. The molecule has 0 saturated heterocycles. The van der Waals surface area contributed by atoms with Crippen molar-refractivity contribution in [1.29, 1.82) is 0 Å². The maximum atomic E-state index is 12.8. The molecule has 4 heterocycles. The molecule has 6 heteroatoms. The van der Waals surface area contributed by atoms with Crippen molar-refractivity contribution in [3.8, 4) is 0 Å². The Morgan fingerprint density at radius 3 is 2.50 bits per heavy atom. The largest absolute Gasteiger partial charge is 0.284 e. The van der Waals surface area contributed by atoms with Gasteiger partial charge in [-0.05, 0) is 34.3 Å². The number of nitrogens with zero attached hydrogens (tertiary/aromatic N) is 2. The van der Waals surface area contributed by atoms with E-state index in [1.807, 2.05) is 40.4 Å². The average molecular weight is 344 g/mol. The van der Waals surface area contributed by atoms with Crippen LogP contribution in [0.4, 0.5) is 0 Å². The van der Waals surface area contributed by atoms with E-state index in [4.69, 9.17) is 0 Å². The fourth-order valence-corrected chi connectivity index (χ4v) is 4.69. The van der Waals surface area contributed by atoms with Crippen LogP contribution >= 0.6 is 34.0 Å². The second kappa shape index (κ2) is 5.79. The van der Waals surface area contributed by atoms with E-state index in [2.05, 4.69) is 17.2 Å². The van der Waals surface area contributed by atoms with Crippen molar-refractivity contribution in [1.82, 2.24) is 5.01 Å². The number of carbonyl (C=O) groups excluding carboxylic acids is 1. The Labute approximate surface area is 140 Å². The predicted octanol–water partition coefficient (Wildman–Crippen LogP) is 4.86. The minimum atomic E-state index is -0.0139. The lowest BCUT2D eigenvalue weighted by atomic mass is 10.1. The van der Waals surface area contributed by atoms with Gasteiger partial charge in [0.25, 0.3) is 5.91 Å². The standard InChI is InChI=1S/C16H12N2OS3/c19-16(15-6-3-9-22-15)18-12(14-5-2-8-21-14)10-11(17-18)13-4-1-7-20-13/h1-9,12H,10H2. The van der Waals surface area contributed by atoms with E-state index in [1.165, 1.54) is 16.2 Å². The zero-order valence-electron chi connectivity index (χ0n) is 11.5. The van der Waals surface area contributed by atoms with Gasteiger partial charge in [-0.25, -0.2) is 5.01 Å². The number of carbonyl (C=O) groups is 1. The molecule has 1 amide bonds. The van der Waals surface area contributed by atoms with Gasteiger partial charge >= 0.3 is 0 Å². The van der Waals surface area contributed by atoms with Crippen molar-refractivity contribution in [2.75, 3.05) is 0 Å². The smallest absolute Gasteiger partial charge is 0.266 e. The molecule has 1 unspecified atom stereocenters. The van der Waals surface area contributed by atoms with Crippen LogP contribution in [0.1, 0.15) is 31.9 Å². The summed E-state index contributed by atoms with van der Waals surface area (Å²) in [5.41, 5.74) is 0.998. The van der Waals surface area contributed by atoms with Crippen LogP contribution < -0.4 is 0 Å². The van der Waals surface area contributed by atoms with Crippen molar-refractivity contribution in [3.05, 3.63) is 67.2 Å². The molecule has 0 spiro atoms. The Morgan fingerprint density at radius 1 is 1.05 bits per heavy atom. The summed E-state index contributed by atoms with van der Waals surface area (Å²) in [6.07, 6.45) is 0.776. The summed E-state index contributed by atoms with van der Waals surface area (Å²) < 4.78 is 0. The zero-order valence-corrected chi connectivity index (χ0v) is 14.0. The fourth-order valence-electron chi connectivity index (χ4n) is 2.50. The summed E-state index contributed by atoms with van der Waals surface area (Å²) in [5, 5.41) is 12.3. The van der Waals surface area contributed by atoms with Crippen LogP contribution in [0.5, 0.6) is 0 Å². The van der Waals surface area contributed by atoms with Crippen molar-refractivity contribution in [3.63, 3.8) is 0 Å². The van der Waals surface area contributed by atoms with Gasteiger partial charge in [0.2, 0.25) is 0 Å². The third kappa shape index (κ3) is 2.43. The minimum Gasteiger partial charge on any atom is -0.266 e. The van der Waals surface area contributed by atoms with Crippen molar-refractivity contribution in [2.24, 2.45) is 5.10 Å². The van der Waals surface area contributed by atoms with Gasteiger partial charge in [0.05, 0.1) is 21.5 Å². The first kappa shape index (κ1) is 13.9. The Balaban J connectivity index is 1.71. The van der Waals surface area contributed by atoms with E-state index in [1.54, 1.807) is 27.7 Å². The fraction of sp³-hybridized carbons (Fsp3) is 0.125. The van der Waals surface area contributed by atoms with E-state index in [9.17, 15) is 4.79 Å². The van der Waals surface area contributed by atoms with Crippen LogP contribution in [0.25, 0.3) is 0 Å². The summed E-state index contributed by atoms with van der Waals surface area (Å²) in [7, 11) is 0. The molecule has 0 aliphatic carbocycles. The quantitative estimate of drug-likeness (QED) is 0.667. The number of thiophene rings is 3. The normalized spacial score (nSPS) is 17.7. The molecule has 3 aromatic rings. The summed E-state index contributed by atoms with van der Waals surface area (Å²) in [4.78, 5) is 15.8. The first-order valence-electron chi connectivity index (χ1n) is 6.85. The molecule has 0 radical (unpaired) electrons. The third-order valence-corrected chi connectivity index (χ3v) is 6.28. The molecule has 110 valence electrons. The number of hydrogen-bond acceptors (Lipinski definition) is 5. The van der Waals surface area contributed by atoms with Gasteiger partial charge in [0, 0.05) is 11.3 Å². The van der Waals surface area contributed by atoms with Crippen LogP contribution in [-0.4, -0.2) is 16.6 Å². The molecule has 4 rings (SSSR count). The molecule has 0 saturated carbocycles. The SMILES string of the molecule is O=C(c1cccs1)N1N=C(c2cccs2)CC1c1cccs1. The highest BCUT2D eigenvalue weighted by molar-refractivity contribution is 7.12. The molecule has 0 aromatic carbocycles. The lowest BCUT2D eigenvalue weighted by Crippen LogP contribution is -2.25. The van der Waals surface area contributed by atoms with Gasteiger partial charge in [0.1, 0.15) is 0 Å². The molecule has 0 fully saturated rings. The van der Waals surface area contributed by atoms with E-state index in [0.29, 0.717) is 0 Å². The molecule has 1 atom stereocenters. The Bertz CT molecular complexity index is 789. The number of amides is 1. The van der Waals surface area contributed by atoms with Gasteiger partial charge in [-0.2, -0.15) is 5.10 Å². The highest BCUT2D eigenvalue weighted by Crippen LogP contribution is 2.37. The van der Waals surface area contributed by atoms with Crippen LogP contribution in [0, 0.1) is 0 Å². The van der Waals surface area contributed by atoms with Crippen molar-refractivity contribution < 1.29 is 4.79 Å². The third-order valence-electron chi connectivity index (χ3n) is 3.53. The second-order valence-corrected chi connectivity index (χ2v) is 7.76. The van der Waals surface area contributed by atoms with Gasteiger partial charge in [-0.3, -0.25) is 4.79 Å². The van der Waals surface area contributed by atoms with E-state index >= 15 is 0 Å². The van der Waals surface area contributed by atoms with Gasteiger partial charge in [-0.1, -0.05) is 18.2 Å². The topological polar surface area (TPSA) is 32.7 Å². The number of rotatable bonds is 3. The maximum Gasteiger partial charge on any atom is 0.284 e. The molecule has 3 nitrogen and oxygen atoms in total. The van der Waals surface area contributed by atoms with Crippen LogP contribution in [0.3, 0.4) is 0 Å². The van der Waals surface area contributed by atoms with Crippen LogP contribution in [0.15, 0.2) is 57.6 Å². The van der Waals surface area contributed by atoms with E-state index in [0.717, 1.165) is 21.9 Å². The molecule has 22 heavy (non-hydrogen) atoms. The lowest BCUT2D eigenvalue weighted by molar-refractivity contribution is 0.0719. The highest BCUT2D eigenvalue weighted by atomic mass is 32.1. The molecular formula is C16H12N2OS3. The van der Waals surface area contributed by atoms with Gasteiger partial charge in [-0.15, -0.1) is 34.0 Å². The molecular weight excluding hydrogens is 332 g/mol. The number of hydrogen-bond donors (Lipinski definition) is 0. The van der Waals surface area contributed by atoms with Gasteiger partial charge < -0.3 is 0 Å². The van der Waals surface area contributed by atoms with E-state index in [-0.39, 0.29) is 11.9 Å². The highest BCUT2D eigenvalue weighted by Gasteiger charge is 2.34. The van der Waals surface area contributed by atoms with Gasteiger partial charge in [0.15, 0.2) is 0 Å². The molecule has 0 bridgehead atoms. The second-order valence-electron chi connectivity index (χ2n) is 4.89. The first-order chi connectivity index (χ1) is 10.8. The Kier molecular flexibility index (Phi) is 3.65. The molecule has 1 aliphatic rings. The monoisotopic (exact) mass is 344 g/mol. The molecule has 1 aliphatic heterocycles. The van der Waals surface area contributed by atoms with Crippen LogP contribution in [-0.2, 0) is 0 Å². The maximum absolute atomic E-state index is 12.8. The Morgan fingerprint density at radius 2 is 1.82 bits per heavy atom. The number of hydrazone groups is 1. The lowest BCUT2D eigenvalue weighted by Gasteiger charge is -2.19. The van der Waals surface area contributed by atoms with Crippen molar-refractivity contribution in [2.45, 2.75) is 12.5 Å². The predicted molar refractivity (Wildman–Crippen MR) is 93.0 cm³/mol. The van der Waals surface area contributed by atoms with E-state index < -0.39 is 0 Å². The summed E-state index contributed by atoms with van der Waals surface area (Å²) in [5.74, 6) is -0.0139. The average Bonchev–Trinajstić information content (AvgIpc) is 3.35. The van der Waals surface area contributed by atoms with Crippen molar-refractivity contribution >= 4 is 45.6 Å². The first-order valence-corrected chi connectivity index (χ1v) is 9.48. The minimum absolute atomic E-state index is 0.00620. The molecule has 0 N–H and O–H groups in total. The summed E-state index contributed by atoms with van der Waals surface area (Å²) in [6.45, 7) is 0. The Hall–Kier alpha value is -1.76. The summed E-state index contributed by atoms with van der Waals surface area (Å²) in [6, 6.07) is 12.0. The molecule has 3 aromatic heterocycles. The van der Waals surface area contributed by atoms with Crippen LogP contribution in [0.2, 0.25) is 0 Å².